The van der Waals surface area contributed by atoms with E-state index in [2.05, 4.69) is 0 Å². The monoisotopic (exact) mass is 396 g/mol. The summed E-state index contributed by atoms with van der Waals surface area (Å²) in [5.41, 5.74) is -1.74. The molecule has 0 aliphatic carbocycles. The third-order valence-electron chi connectivity index (χ3n) is 3.95. The van der Waals surface area contributed by atoms with Gasteiger partial charge in [0.15, 0.2) is 16.8 Å². The molecular weight excluding hydrogens is 385 g/mol. The van der Waals surface area contributed by atoms with Gasteiger partial charge in [0.2, 0.25) is 5.78 Å². The maximum absolute atomic E-state index is 13.3. The van der Waals surface area contributed by atoms with E-state index in [0.29, 0.717) is 0 Å². The van der Waals surface area contributed by atoms with Crippen LogP contribution >= 0.6 is 11.6 Å². The zero-order valence-corrected chi connectivity index (χ0v) is 14.6. The second-order valence-electron chi connectivity index (χ2n) is 5.71. The fraction of sp³-hybridized carbons (Fsp3) is 0.158. The van der Waals surface area contributed by atoms with Gasteiger partial charge in [-0.2, -0.15) is 13.2 Å². The molecule has 1 heterocycles. The number of carbonyl (C=O) groups excluding carboxylic acids is 1. The van der Waals surface area contributed by atoms with Crippen LogP contribution in [0.1, 0.15) is 21.7 Å². The molecule has 0 aliphatic rings. The third kappa shape index (κ3) is 3.83. The number of halogens is 4. The number of carbonyl (C=O) groups is 1. The molecule has 0 radical (unpaired) electrons. The molecule has 0 saturated heterocycles. The highest BCUT2D eigenvalue weighted by Crippen LogP contribution is 2.35. The van der Waals surface area contributed by atoms with Gasteiger partial charge in [0, 0.05) is 12.5 Å². The lowest BCUT2D eigenvalue weighted by Crippen LogP contribution is -2.14. The van der Waals surface area contributed by atoms with Crippen molar-refractivity contribution >= 4 is 28.4 Å². The fourth-order valence-electron chi connectivity index (χ4n) is 2.64. The number of rotatable bonds is 4. The van der Waals surface area contributed by atoms with Gasteiger partial charge in [-0.05, 0) is 29.8 Å². The number of Topliss-reactive ketones (excluding diaryl/α,β-unsaturated/α-hetero) is 1. The number of ether oxygens (including phenoxy) is 1. The van der Waals surface area contributed by atoms with E-state index in [1.807, 2.05) is 0 Å². The molecule has 1 aromatic heterocycles. The van der Waals surface area contributed by atoms with Gasteiger partial charge in [0.1, 0.15) is 5.75 Å². The van der Waals surface area contributed by atoms with Gasteiger partial charge in [0.25, 0.3) is 0 Å². The Morgan fingerprint density at radius 1 is 1.19 bits per heavy atom. The van der Waals surface area contributed by atoms with Crippen molar-refractivity contribution in [3.8, 4) is 5.75 Å². The molecule has 0 atom stereocenters. The summed E-state index contributed by atoms with van der Waals surface area (Å²) < 4.78 is 50.1. The van der Waals surface area contributed by atoms with Gasteiger partial charge in [0.05, 0.1) is 23.1 Å². The van der Waals surface area contributed by atoms with Crippen molar-refractivity contribution in [2.75, 3.05) is 7.11 Å². The lowest BCUT2D eigenvalue weighted by atomic mass is 10.00. The molecule has 0 bridgehead atoms. The second kappa shape index (κ2) is 7.08. The van der Waals surface area contributed by atoms with Gasteiger partial charge >= 0.3 is 6.18 Å². The number of fused-ring (bicyclic) bond motifs is 1. The number of para-hydroxylation sites is 1. The van der Waals surface area contributed by atoms with Crippen LogP contribution in [-0.2, 0) is 12.6 Å². The quantitative estimate of drug-likeness (QED) is 0.589. The second-order valence-corrected chi connectivity index (χ2v) is 6.12. The molecule has 3 aromatic rings. The predicted octanol–water partition coefficient (Wildman–Crippen LogP) is 4.90. The Kier molecular flexibility index (Phi) is 4.97. The van der Waals surface area contributed by atoms with Crippen LogP contribution in [0.3, 0.4) is 0 Å². The summed E-state index contributed by atoms with van der Waals surface area (Å²) in [6, 6.07) is 8.76. The number of hydrogen-bond donors (Lipinski definition) is 0. The van der Waals surface area contributed by atoms with Crippen molar-refractivity contribution in [1.82, 2.24) is 0 Å². The molecule has 0 saturated carbocycles. The third-order valence-corrected chi connectivity index (χ3v) is 4.25. The molecule has 0 amide bonds. The van der Waals surface area contributed by atoms with Gasteiger partial charge in [-0.1, -0.05) is 23.7 Å². The maximum atomic E-state index is 13.3. The predicted molar refractivity (Wildman–Crippen MR) is 93.5 cm³/mol. The minimum Gasteiger partial charge on any atom is -0.497 e. The first kappa shape index (κ1) is 19.0. The van der Waals surface area contributed by atoms with Crippen molar-refractivity contribution in [3.05, 3.63) is 74.6 Å². The molecule has 0 aliphatic heterocycles. The number of methoxy groups -OCH3 is 1. The molecule has 8 heteroatoms. The molecule has 27 heavy (non-hydrogen) atoms. The molecular formula is C19H12ClF3O4. The summed E-state index contributed by atoms with van der Waals surface area (Å²) in [6.45, 7) is 0. The number of alkyl halides is 3. The summed E-state index contributed by atoms with van der Waals surface area (Å²) in [6.07, 6.45) is -5.27. The Morgan fingerprint density at radius 2 is 1.93 bits per heavy atom. The van der Waals surface area contributed by atoms with E-state index < -0.39 is 29.4 Å². The molecule has 3 rings (SSSR count). The Balaban J connectivity index is 2.03. The lowest BCUT2D eigenvalue weighted by Gasteiger charge is -2.14. The lowest BCUT2D eigenvalue weighted by molar-refractivity contribution is -0.138. The largest absolute Gasteiger partial charge is 0.497 e. The van der Waals surface area contributed by atoms with Crippen molar-refractivity contribution < 1.29 is 27.1 Å². The van der Waals surface area contributed by atoms with Crippen LogP contribution in [0, 0.1) is 0 Å². The van der Waals surface area contributed by atoms with Crippen LogP contribution in [0.2, 0.25) is 5.02 Å². The van der Waals surface area contributed by atoms with Crippen LogP contribution in [-0.4, -0.2) is 12.9 Å². The minimum atomic E-state index is -4.67. The Labute approximate surface area is 156 Å². The van der Waals surface area contributed by atoms with Crippen LogP contribution in [0.5, 0.6) is 5.75 Å². The minimum absolute atomic E-state index is 0.0146. The number of hydrogen-bond acceptors (Lipinski definition) is 4. The zero-order chi connectivity index (χ0) is 19.8. The molecule has 0 unspecified atom stereocenters. The van der Waals surface area contributed by atoms with Crippen molar-refractivity contribution in [2.24, 2.45) is 0 Å². The summed E-state index contributed by atoms with van der Waals surface area (Å²) in [5, 5.41) is 0.305. The fourth-order valence-corrected chi connectivity index (χ4v) is 2.85. The first-order valence-corrected chi connectivity index (χ1v) is 8.08. The molecule has 140 valence electrons. The average molecular weight is 397 g/mol. The normalized spacial score (nSPS) is 11.6. The van der Waals surface area contributed by atoms with E-state index in [1.54, 1.807) is 6.07 Å². The van der Waals surface area contributed by atoms with Crippen LogP contribution in [0.15, 0.2) is 51.7 Å². The van der Waals surface area contributed by atoms with E-state index in [9.17, 15) is 22.8 Å². The molecule has 2 aromatic carbocycles. The highest BCUT2D eigenvalue weighted by molar-refractivity contribution is 6.34. The van der Waals surface area contributed by atoms with Gasteiger partial charge in [-0.3, -0.25) is 9.59 Å². The summed E-state index contributed by atoms with van der Waals surface area (Å²) in [7, 11) is 1.24. The van der Waals surface area contributed by atoms with Gasteiger partial charge in [-0.15, -0.1) is 0 Å². The number of ketones is 1. The highest BCUT2D eigenvalue weighted by atomic mass is 35.5. The van der Waals surface area contributed by atoms with Crippen LogP contribution < -0.4 is 10.2 Å². The first-order chi connectivity index (χ1) is 12.7. The Bertz CT molecular complexity index is 1090. The average Bonchev–Trinajstić information content (AvgIpc) is 2.61. The van der Waals surface area contributed by atoms with E-state index in [-0.39, 0.29) is 33.1 Å². The topological polar surface area (TPSA) is 56.5 Å². The highest BCUT2D eigenvalue weighted by Gasteiger charge is 2.34. The standard InChI is InChI=1S/C19H12ClF3O4/c1-26-11-6-5-10(13(8-11)19(21,22)23)7-16(25)17-9-15(24)12-3-2-4-14(20)18(12)27-17/h2-6,8-9H,7H2,1H3. The first-order valence-electron chi connectivity index (χ1n) is 7.70. The zero-order valence-electron chi connectivity index (χ0n) is 13.9. The molecule has 0 N–H and O–H groups in total. The summed E-state index contributed by atoms with van der Waals surface area (Å²) in [5.74, 6) is -1.11. The Hall–Kier alpha value is -2.80. The molecule has 0 fully saturated rings. The summed E-state index contributed by atoms with van der Waals surface area (Å²) >= 11 is 5.98. The van der Waals surface area contributed by atoms with Gasteiger partial charge < -0.3 is 9.15 Å². The summed E-state index contributed by atoms with van der Waals surface area (Å²) in [4.78, 5) is 24.6. The molecule has 0 spiro atoms. The van der Waals surface area contributed by atoms with E-state index in [1.165, 1.54) is 25.3 Å². The SMILES string of the molecule is COc1ccc(CC(=O)c2cc(=O)c3cccc(Cl)c3o2)c(C(F)(F)F)c1. The van der Waals surface area contributed by atoms with Crippen molar-refractivity contribution in [2.45, 2.75) is 12.6 Å². The van der Waals surface area contributed by atoms with Gasteiger partial charge in [-0.25, -0.2) is 0 Å². The van der Waals surface area contributed by atoms with E-state index in [4.69, 9.17) is 20.8 Å². The van der Waals surface area contributed by atoms with E-state index >= 15 is 0 Å². The number of benzene rings is 2. The maximum Gasteiger partial charge on any atom is 0.416 e. The smallest absolute Gasteiger partial charge is 0.416 e. The molecule has 4 nitrogen and oxygen atoms in total. The van der Waals surface area contributed by atoms with Crippen LogP contribution in [0.25, 0.3) is 11.0 Å². The van der Waals surface area contributed by atoms with Crippen LogP contribution in [0.4, 0.5) is 13.2 Å². The van der Waals surface area contributed by atoms with Crippen molar-refractivity contribution in [3.63, 3.8) is 0 Å². The van der Waals surface area contributed by atoms with Crippen molar-refractivity contribution in [1.29, 1.82) is 0 Å². The van der Waals surface area contributed by atoms with E-state index in [0.717, 1.165) is 18.2 Å². The Morgan fingerprint density at radius 3 is 2.59 bits per heavy atom.